The molecule has 6 heteroatoms. The van der Waals surface area contributed by atoms with Crippen molar-refractivity contribution in [1.29, 1.82) is 0 Å². The molecule has 1 unspecified atom stereocenters. The Balaban J connectivity index is 1.70. The second-order valence-electron chi connectivity index (χ2n) is 9.77. The Bertz CT molecular complexity index is 1540. The molecule has 5 nitrogen and oxygen atoms in total. The lowest BCUT2D eigenvalue weighted by molar-refractivity contribution is 0.0971. The lowest BCUT2D eigenvalue weighted by Gasteiger charge is -2.25. The summed E-state index contributed by atoms with van der Waals surface area (Å²) in [7, 11) is 0. The maximum atomic E-state index is 13.9. The number of aryl methyl sites for hydroxylation is 2. The predicted molar refractivity (Wildman–Crippen MR) is 146 cm³/mol. The second-order valence-corrected chi connectivity index (χ2v) is 10.7. The number of amides is 1. The van der Waals surface area contributed by atoms with Crippen LogP contribution in [0.4, 0.5) is 5.69 Å². The van der Waals surface area contributed by atoms with Crippen LogP contribution >= 0.6 is 15.9 Å². The number of carbonyl (C=O) groups excluding carboxylic acids is 1. The van der Waals surface area contributed by atoms with Crippen LogP contribution < -0.4 is 15.1 Å². The highest BCUT2D eigenvalue weighted by Crippen LogP contribution is 2.42. The summed E-state index contributed by atoms with van der Waals surface area (Å²) in [5.41, 5.74) is 4.07. The molecule has 0 bridgehead atoms. The highest BCUT2D eigenvalue weighted by molar-refractivity contribution is 9.10. The van der Waals surface area contributed by atoms with Crippen molar-refractivity contribution in [3.8, 4) is 5.75 Å². The van der Waals surface area contributed by atoms with Gasteiger partial charge in [-0.1, -0.05) is 48.0 Å². The molecule has 5 rings (SSSR count). The fourth-order valence-electron chi connectivity index (χ4n) is 4.62. The van der Waals surface area contributed by atoms with Crippen LogP contribution in [0.15, 0.2) is 74.3 Å². The van der Waals surface area contributed by atoms with Gasteiger partial charge < -0.3 is 9.15 Å². The predicted octanol–water partition coefficient (Wildman–Crippen LogP) is 7.35. The molecule has 36 heavy (non-hydrogen) atoms. The molecule has 3 aromatic carbocycles. The molecule has 0 radical (unpaired) electrons. The SMILES string of the molecule is Cc1cc2oc3c(c(=O)c2cc1C)C(c1cccc(OCCC(C)C)c1)N(c1cccc(Br)c1)C3=O. The Labute approximate surface area is 218 Å². The van der Waals surface area contributed by atoms with Gasteiger partial charge in [-0.3, -0.25) is 14.5 Å². The lowest BCUT2D eigenvalue weighted by atomic mass is 9.97. The summed E-state index contributed by atoms with van der Waals surface area (Å²) < 4.78 is 13.0. The third-order valence-corrected chi connectivity index (χ3v) is 7.20. The Kier molecular flexibility index (Phi) is 6.47. The van der Waals surface area contributed by atoms with Crippen LogP contribution in [0, 0.1) is 19.8 Å². The first-order valence-corrected chi connectivity index (χ1v) is 12.9. The molecule has 1 amide bonds. The van der Waals surface area contributed by atoms with E-state index in [4.69, 9.17) is 9.15 Å². The van der Waals surface area contributed by atoms with E-state index in [1.54, 1.807) is 4.90 Å². The molecule has 1 atom stereocenters. The molecule has 0 saturated carbocycles. The van der Waals surface area contributed by atoms with Crippen LogP contribution in [0.1, 0.15) is 59.1 Å². The van der Waals surface area contributed by atoms with Gasteiger partial charge in [-0.15, -0.1) is 0 Å². The second kappa shape index (κ2) is 9.58. The third kappa shape index (κ3) is 4.35. The molecule has 0 aliphatic carbocycles. The first kappa shape index (κ1) is 24.3. The van der Waals surface area contributed by atoms with Gasteiger partial charge in [0.15, 0.2) is 5.43 Å². The topological polar surface area (TPSA) is 59.8 Å². The van der Waals surface area contributed by atoms with E-state index in [9.17, 15) is 9.59 Å². The zero-order chi connectivity index (χ0) is 25.6. The van der Waals surface area contributed by atoms with Crippen LogP contribution in [0.25, 0.3) is 11.0 Å². The fraction of sp³-hybridized carbons (Fsp3) is 0.267. The van der Waals surface area contributed by atoms with Gasteiger partial charge in [-0.2, -0.15) is 0 Å². The summed E-state index contributed by atoms with van der Waals surface area (Å²) in [5, 5.41) is 0.482. The quantitative estimate of drug-likeness (QED) is 0.254. The highest BCUT2D eigenvalue weighted by atomic mass is 79.9. The van der Waals surface area contributed by atoms with Crippen molar-refractivity contribution in [3.05, 3.63) is 103 Å². The molecule has 1 aromatic heterocycles. The first-order valence-electron chi connectivity index (χ1n) is 12.1. The van der Waals surface area contributed by atoms with Gasteiger partial charge in [-0.05, 0) is 85.3 Å². The van der Waals surface area contributed by atoms with Crippen molar-refractivity contribution < 1.29 is 13.9 Å². The Morgan fingerprint density at radius 3 is 2.50 bits per heavy atom. The largest absolute Gasteiger partial charge is 0.494 e. The fourth-order valence-corrected chi connectivity index (χ4v) is 5.01. The number of hydrogen-bond donors (Lipinski definition) is 0. The molecule has 1 aliphatic heterocycles. The van der Waals surface area contributed by atoms with Gasteiger partial charge >= 0.3 is 0 Å². The molecule has 1 aliphatic rings. The van der Waals surface area contributed by atoms with Gasteiger partial charge in [0.2, 0.25) is 5.76 Å². The molecule has 4 aromatic rings. The Morgan fingerprint density at radius 2 is 1.75 bits per heavy atom. The molecule has 0 spiro atoms. The Hall–Kier alpha value is -3.38. The number of anilines is 1. The number of halogens is 1. The molecule has 2 heterocycles. The molecular formula is C30H28BrNO4. The van der Waals surface area contributed by atoms with Crippen molar-refractivity contribution >= 4 is 38.5 Å². The van der Waals surface area contributed by atoms with Gasteiger partial charge in [0.25, 0.3) is 5.91 Å². The van der Waals surface area contributed by atoms with Crippen LogP contribution in [-0.4, -0.2) is 12.5 Å². The number of carbonyl (C=O) groups is 1. The van der Waals surface area contributed by atoms with Crippen LogP contribution in [0.5, 0.6) is 5.75 Å². The summed E-state index contributed by atoms with van der Waals surface area (Å²) in [4.78, 5) is 29.4. The van der Waals surface area contributed by atoms with E-state index in [0.717, 1.165) is 27.6 Å². The molecule has 0 fully saturated rings. The number of fused-ring (bicyclic) bond motifs is 2. The molecule has 0 saturated heterocycles. The number of ether oxygens (including phenoxy) is 1. The van der Waals surface area contributed by atoms with Gasteiger partial charge in [0.05, 0.1) is 23.6 Å². The van der Waals surface area contributed by atoms with Crippen LogP contribution in [-0.2, 0) is 0 Å². The smallest absolute Gasteiger partial charge is 0.295 e. The van der Waals surface area contributed by atoms with Crippen molar-refractivity contribution in [3.63, 3.8) is 0 Å². The molecule has 184 valence electrons. The molecular weight excluding hydrogens is 518 g/mol. The van der Waals surface area contributed by atoms with Crippen molar-refractivity contribution in [2.45, 2.75) is 40.2 Å². The minimum atomic E-state index is -0.641. The standard InChI is InChI=1S/C30H28BrNO4/c1-17(2)11-12-35-23-10-5-7-20(15-23)27-26-28(33)24-13-18(3)19(4)14-25(24)36-29(26)30(34)32(27)22-9-6-8-21(31)16-22/h5-10,13-17,27H,11-12H2,1-4H3. The average molecular weight is 546 g/mol. The zero-order valence-corrected chi connectivity index (χ0v) is 22.4. The summed E-state index contributed by atoms with van der Waals surface area (Å²) >= 11 is 3.52. The van der Waals surface area contributed by atoms with Crippen molar-refractivity contribution in [2.24, 2.45) is 5.92 Å². The van der Waals surface area contributed by atoms with E-state index in [-0.39, 0.29) is 17.1 Å². The van der Waals surface area contributed by atoms with E-state index >= 15 is 0 Å². The van der Waals surface area contributed by atoms with Crippen molar-refractivity contribution in [2.75, 3.05) is 11.5 Å². The number of benzene rings is 3. The van der Waals surface area contributed by atoms with Crippen molar-refractivity contribution in [1.82, 2.24) is 0 Å². The number of rotatable bonds is 6. The third-order valence-electron chi connectivity index (χ3n) is 6.71. The summed E-state index contributed by atoms with van der Waals surface area (Å²) in [6.45, 7) is 8.84. The summed E-state index contributed by atoms with van der Waals surface area (Å²) in [5.74, 6) is 0.993. The van der Waals surface area contributed by atoms with Gasteiger partial charge in [0.1, 0.15) is 11.3 Å². The average Bonchev–Trinajstić information content (AvgIpc) is 3.13. The van der Waals surface area contributed by atoms with Crippen LogP contribution in [0.2, 0.25) is 0 Å². The van der Waals surface area contributed by atoms with Crippen LogP contribution in [0.3, 0.4) is 0 Å². The number of nitrogens with zero attached hydrogens (tertiary/aromatic N) is 1. The first-order chi connectivity index (χ1) is 17.2. The maximum Gasteiger partial charge on any atom is 0.295 e. The summed E-state index contributed by atoms with van der Waals surface area (Å²) in [6, 6.07) is 18.2. The number of hydrogen-bond acceptors (Lipinski definition) is 4. The van der Waals surface area contributed by atoms with Gasteiger partial charge in [0, 0.05) is 10.2 Å². The maximum absolute atomic E-state index is 13.9. The van der Waals surface area contributed by atoms with E-state index in [0.29, 0.717) is 40.5 Å². The van der Waals surface area contributed by atoms with E-state index in [1.807, 2.05) is 74.5 Å². The normalized spacial score (nSPS) is 15.1. The highest BCUT2D eigenvalue weighted by Gasteiger charge is 2.43. The minimum Gasteiger partial charge on any atom is -0.494 e. The lowest BCUT2D eigenvalue weighted by Crippen LogP contribution is -2.29. The van der Waals surface area contributed by atoms with Gasteiger partial charge in [-0.25, -0.2) is 0 Å². The van der Waals surface area contributed by atoms with E-state index < -0.39 is 6.04 Å². The van der Waals surface area contributed by atoms with E-state index in [2.05, 4.69) is 29.8 Å². The molecule has 0 N–H and O–H groups in total. The zero-order valence-electron chi connectivity index (χ0n) is 20.8. The summed E-state index contributed by atoms with van der Waals surface area (Å²) in [6.07, 6.45) is 0.938. The van der Waals surface area contributed by atoms with E-state index in [1.165, 1.54) is 0 Å². The minimum absolute atomic E-state index is 0.0897. The monoisotopic (exact) mass is 545 g/mol. The Morgan fingerprint density at radius 1 is 1.00 bits per heavy atom.